The number of nitrogens with zero attached hydrogens (tertiary/aromatic N) is 1. The minimum atomic E-state index is -0.373. The number of methoxy groups -OCH3 is 1. The number of anilines is 2. The first-order valence-electron chi connectivity index (χ1n) is 8.23. The second-order valence-electron chi connectivity index (χ2n) is 5.58. The molecule has 26 heavy (non-hydrogen) atoms. The van der Waals surface area contributed by atoms with E-state index >= 15 is 0 Å². The highest BCUT2D eigenvalue weighted by Crippen LogP contribution is 2.36. The third-order valence-corrected chi connectivity index (χ3v) is 3.78. The van der Waals surface area contributed by atoms with Gasteiger partial charge in [0.2, 0.25) is 5.91 Å². The first-order chi connectivity index (χ1) is 12.5. The van der Waals surface area contributed by atoms with Gasteiger partial charge in [-0.2, -0.15) is 0 Å². The largest absolute Gasteiger partial charge is 0.494 e. The molecule has 5 N–H and O–H groups in total. The molecule has 1 aliphatic heterocycles. The number of hydrogen-bond donors (Lipinski definition) is 4. The molecule has 1 aromatic rings. The molecular formula is C17H25N5O4. The van der Waals surface area contributed by atoms with Crippen molar-refractivity contribution in [3.8, 4) is 11.5 Å². The van der Waals surface area contributed by atoms with Gasteiger partial charge >= 0.3 is 0 Å². The van der Waals surface area contributed by atoms with Crippen molar-refractivity contribution in [1.82, 2.24) is 4.90 Å². The minimum absolute atomic E-state index is 0.245. The fraction of sp³-hybridized carbons (Fsp3) is 0.412. The zero-order valence-electron chi connectivity index (χ0n) is 14.8. The van der Waals surface area contributed by atoms with E-state index in [1.807, 2.05) is 0 Å². The molecule has 1 amide bonds. The molecule has 0 bridgehead atoms. The fourth-order valence-corrected chi connectivity index (χ4v) is 2.48. The summed E-state index contributed by atoms with van der Waals surface area (Å²) in [6, 6.07) is 3.25. The Balaban J connectivity index is 2.15. The second-order valence-corrected chi connectivity index (χ2v) is 5.58. The van der Waals surface area contributed by atoms with Gasteiger partial charge in [0.15, 0.2) is 5.96 Å². The van der Waals surface area contributed by atoms with Crippen LogP contribution in [0, 0.1) is 5.41 Å². The summed E-state index contributed by atoms with van der Waals surface area (Å²) in [5, 5.41) is 12.8. The Bertz CT molecular complexity index is 659. The van der Waals surface area contributed by atoms with Gasteiger partial charge in [0.1, 0.15) is 18.1 Å². The van der Waals surface area contributed by atoms with Crippen LogP contribution in [0.4, 0.5) is 11.4 Å². The molecule has 0 unspecified atom stereocenters. The number of hydrogen-bond acceptors (Lipinski definition) is 6. The molecule has 1 aromatic carbocycles. The third kappa shape index (κ3) is 5.64. The third-order valence-electron chi connectivity index (χ3n) is 3.78. The van der Waals surface area contributed by atoms with Crippen LogP contribution < -0.4 is 25.8 Å². The molecule has 0 atom stereocenters. The van der Waals surface area contributed by atoms with Crippen LogP contribution in [0.1, 0.15) is 0 Å². The monoisotopic (exact) mass is 363 g/mol. The van der Waals surface area contributed by atoms with E-state index in [0.717, 1.165) is 32.8 Å². The van der Waals surface area contributed by atoms with E-state index in [9.17, 15) is 4.79 Å². The topological polar surface area (TPSA) is 122 Å². The van der Waals surface area contributed by atoms with Crippen molar-refractivity contribution in [1.29, 1.82) is 5.41 Å². The Hall–Kier alpha value is -2.78. The van der Waals surface area contributed by atoms with Gasteiger partial charge < -0.3 is 30.6 Å². The lowest BCUT2D eigenvalue weighted by atomic mass is 10.2. The number of nitrogens with one attached hydrogen (secondary N) is 3. The molecule has 9 nitrogen and oxygen atoms in total. The lowest BCUT2D eigenvalue weighted by Crippen LogP contribution is -2.38. The van der Waals surface area contributed by atoms with E-state index < -0.39 is 0 Å². The van der Waals surface area contributed by atoms with Gasteiger partial charge in [0.25, 0.3) is 0 Å². The standard InChI is InChI=1S/C17H25N5O4/c1-3-16(23)20-13-10-12(21-17(18)19)14(24-2)11-15(13)26-9-6-22-4-7-25-8-5-22/h3,10-11H,1,4-9H2,2H3,(H,20,23)(H4,18,19,21). The first kappa shape index (κ1) is 19.5. The Labute approximate surface area is 152 Å². The SMILES string of the molecule is C=CC(=O)Nc1cc(NC(=N)N)c(OC)cc1OCCN1CCOCC1. The summed E-state index contributed by atoms with van der Waals surface area (Å²) in [6.45, 7) is 7.82. The molecule has 0 spiro atoms. The van der Waals surface area contributed by atoms with E-state index in [-0.39, 0.29) is 11.9 Å². The zero-order valence-corrected chi connectivity index (χ0v) is 14.8. The van der Waals surface area contributed by atoms with Crippen molar-refractivity contribution < 1.29 is 19.0 Å². The smallest absolute Gasteiger partial charge is 0.247 e. The molecular weight excluding hydrogens is 338 g/mol. The van der Waals surface area contributed by atoms with Gasteiger partial charge in [-0.3, -0.25) is 15.1 Å². The Morgan fingerprint density at radius 1 is 1.35 bits per heavy atom. The summed E-state index contributed by atoms with van der Waals surface area (Å²) >= 11 is 0. The van der Waals surface area contributed by atoms with Crippen LogP contribution in [-0.2, 0) is 9.53 Å². The average molecular weight is 363 g/mol. The highest BCUT2D eigenvalue weighted by molar-refractivity contribution is 6.01. The zero-order chi connectivity index (χ0) is 18.9. The Morgan fingerprint density at radius 3 is 2.65 bits per heavy atom. The van der Waals surface area contributed by atoms with E-state index in [0.29, 0.717) is 29.5 Å². The van der Waals surface area contributed by atoms with Gasteiger partial charge in [0.05, 0.1) is 31.7 Å². The molecule has 142 valence electrons. The average Bonchev–Trinajstić information content (AvgIpc) is 2.63. The second kappa shape index (κ2) is 9.64. The van der Waals surface area contributed by atoms with Crippen LogP contribution in [0.2, 0.25) is 0 Å². The number of nitrogens with two attached hydrogens (primary N) is 1. The molecule has 1 saturated heterocycles. The number of guanidine groups is 1. The maximum Gasteiger partial charge on any atom is 0.247 e. The Kier molecular flexibility index (Phi) is 7.24. The van der Waals surface area contributed by atoms with Crippen molar-refractivity contribution in [2.75, 3.05) is 57.2 Å². The predicted molar refractivity (Wildman–Crippen MR) is 100 cm³/mol. The van der Waals surface area contributed by atoms with Crippen molar-refractivity contribution in [3.63, 3.8) is 0 Å². The van der Waals surface area contributed by atoms with Crippen LogP contribution in [0.3, 0.4) is 0 Å². The molecule has 1 aliphatic rings. The molecule has 9 heteroatoms. The number of carbonyl (C=O) groups excluding carboxylic acids is 1. The van der Waals surface area contributed by atoms with E-state index in [4.69, 9.17) is 25.4 Å². The molecule has 0 aromatic heterocycles. The summed E-state index contributed by atoms with van der Waals surface area (Å²) in [7, 11) is 1.50. The number of benzene rings is 1. The number of rotatable bonds is 8. The minimum Gasteiger partial charge on any atom is -0.494 e. The number of morpholine rings is 1. The number of carbonyl (C=O) groups is 1. The lowest BCUT2D eigenvalue weighted by Gasteiger charge is -2.26. The normalized spacial score (nSPS) is 14.3. The summed E-state index contributed by atoms with van der Waals surface area (Å²) in [6.07, 6.45) is 1.17. The maximum absolute atomic E-state index is 11.7. The molecule has 1 fully saturated rings. The van der Waals surface area contributed by atoms with Crippen LogP contribution in [0.25, 0.3) is 0 Å². The van der Waals surface area contributed by atoms with Gasteiger partial charge in [-0.05, 0) is 12.1 Å². The van der Waals surface area contributed by atoms with E-state index in [1.165, 1.54) is 13.2 Å². The van der Waals surface area contributed by atoms with Crippen molar-refractivity contribution >= 4 is 23.2 Å². The highest BCUT2D eigenvalue weighted by atomic mass is 16.5. The molecule has 0 saturated carbocycles. The molecule has 2 rings (SSSR count). The molecule has 0 aliphatic carbocycles. The maximum atomic E-state index is 11.7. The summed E-state index contributed by atoms with van der Waals surface area (Å²) in [5.74, 6) is 0.282. The van der Waals surface area contributed by atoms with Gasteiger partial charge in [-0.25, -0.2) is 0 Å². The van der Waals surface area contributed by atoms with E-state index in [1.54, 1.807) is 12.1 Å². The van der Waals surface area contributed by atoms with Crippen LogP contribution >= 0.6 is 0 Å². The van der Waals surface area contributed by atoms with Crippen LogP contribution in [0.15, 0.2) is 24.8 Å². The molecule has 1 heterocycles. The fourth-order valence-electron chi connectivity index (χ4n) is 2.48. The quantitative estimate of drug-likeness (QED) is 0.307. The van der Waals surface area contributed by atoms with Crippen LogP contribution in [0.5, 0.6) is 11.5 Å². The molecule has 0 radical (unpaired) electrons. The summed E-state index contributed by atoms with van der Waals surface area (Å²) in [4.78, 5) is 14.0. The van der Waals surface area contributed by atoms with Crippen LogP contribution in [-0.4, -0.2) is 63.3 Å². The van der Waals surface area contributed by atoms with Gasteiger partial charge in [-0.1, -0.05) is 6.58 Å². The van der Waals surface area contributed by atoms with E-state index in [2.05, 4.69) is 22.1 Å². The van der Waals surface area contributed by atoms with Crippen molar-refractivity contribution in [3.05, 3.63) is 24.8 Å². The van der Waals surface area contributed by atoms with Gasteiger partial charge in [-0.15, -0.1) is 0 Å². The van der Waals surface area contributed by atoms with Crippen molar-refractivity contribution in [2.24, 2.45) is 5.73 Å². The number of amides is 1. The number of ether oxygens (including phenoxy) is 3. The lowest BCUT2D eigenvalue weighted by molar-refractivity contribution is -0.111. The Morgan fingerprint density at radius 2 is 2.04 bits per heavy atom. The predicted octanol–water partition coefficient (Wildman–Crippen LogP) is 0.836. The summed E-state index contributed by atoms with van der Waals surface area (Å²) in [5.41, 5.74) is 6.27. The highest BCUT2D eigenvalue weighted by Gasteiger charge is 2.15. The van der Waals surface area contributed by atoms with Gasteiger partial charge in [0, 0.05) is 25.7 Å². The first-order valence-corrected chi connectivity index (χ1v) is 8.23. The summed E-state index contributed by atoms with van der Waals surface area (Å²) < 4.78 is 16.5. The van der Waals surface area contributed by atoms with Crippen molar-refractivity contribution in [2.45, 2.75) is 0 Å².